The van der Waals surface area contributed by atoms with E-state index in [4.69, 9.17) is 16.3 Å². The van der Waals surface area contributed by atoms with Gasteiger partial charge in [0.2, 0.25) is 0 Å². The molecule has 0 radical (unpaired) electrons. The SMILES string of the molecule is CC1(C)CN(S(=O)(=O)c2cccc(Cl)c2)c2cccc(N3CCNCC3)c2O1. The Labute approximate surface area is 171 Å². The Hall–Kier alpha value is -1.96. The predicted molar refractivity (Wildman–Crippen MR) is 112 cm³/mol. The Morgan fingerprint density at radius 2 is 1.75 bits per heavy atom. The van der Waals surface area contributed by atoms with Crippen LogP contribution in [-0.2, 0) is 10.0 Å². The minimum absolute atomic E-state index is 0.177. The molecule has 2 aromatic rings. The van der Waals surface area contributed by atoms with E-state index >= 15 is 0 Å². The number of rotatable bonds is 3. The molecule has 0 atom stereocenters. The zero-order chi connectivity index (χ0) is 19.9. The lowest BCUT2D eigenvalue weighted by atomic mass is 10.1. The van der Waals surface area contributed by atoms with E-state index in [1.807, 2.05) is 26.0 Å². The van der Waals surface area contributed by atoms with Gasteiger partial charge in [-0.15, -0.1) is 0 Å². The van der Waals surface area contributed by atoms with Crippen molar-refractivity contribution in [3.05, 3.63) is 47.5 Å². The largest absolute Gasteiger partial charge is 0.482 e. The standard InChI is InChI=1S/C20H24ClN3O3S/c1-20(2)14-24(28(25,26)16-6-3-5-15(21)13-16)18-8-4-7-17(19(18)27-20)23-11-9-22-10-12-23/h3-8,13,22H,9-12,14H2,1-2H3. The maximum absolute atomic E-state index is 13.5. The van der Waals surface area contributed by atoms with Gasteiger partial charge >= 0.3 is 0 Å². The number of benzene rings is 2. The number of hydrogen-bond acceptors (Lipinski definition) is 5. The van der Waals surface area contributed by atoms with Crippen molar-refractivity contribution in [2.24, 2.45) is 0 Å². The Bertz CT molecular complexity index is 988. The summed E-state index contributed by atoms with van der Waals surface area (Å²) in [5.41, 5.74) is 0.830. The van der Waals surface area contributed by atoms with Crippen LogP contribution in [0.25, 0.3) is 0 Å². The van der Waals surface area contributed by atoms with Crippen LogP contribution in [0.1, 0.15) is 13.8 Å². The number of piperazine rings is 1. The van der Waals surface area contributed by atoms with Crippen LogP contribution >= 0.6 is 11.6 Å². The fourth-order valence-electron chi connectivity index (χ4n) is 3.68. The second-order valence-electron chi connectivity index (χ2n) is 7.69. The van der Waals surface area contributed by atoms with E-state index in [1.54, 1.807) is 24.3 Å². The van der Waals surface area contributed by atoms with E-state index in [2.05, 4.69) is 10.2 Å². The number of halogens is 1. The highest BCUT2D eigenvalue weighted by atomic mass is 35.5. The molecule has 2 aliphatic rings. The van der Waals surface area contributed by atoms with Crippen LogP contribution in [0.15, 0.2) is 47.4 Å². The van der Waals surface area contributed by atoms with Crippen molar-refractivity contribution in [3.8, 4) is 5.75 Å². The van der Waals surface area contributed by atoms with Crippen LogP contribution in [0, 0.1) is 0 Å². The Kier molecular flexibility index (Phi) is 4.93. The molecular weight excluding hydrogens is 398 g/mol. The predicted octanol–water partition coefficient (Wildman–Crippen LogP) is 3.12. The molecule has 0 bridgehead atoms. The van der Waals surface area contributed by atoms with Crippen molar-refractivity contribution in [2.75, 3.05) is 41.9 Å². The third kappa shape index (κ3) is 3.54. The number of sulfonamides is 1. The van der Waals surface area contributed by atoms with Gasteiger partial charge in [-0.05, 0) is 44.2 Å². The Morgan fingerprint density at radius 1 is 1.07 bits per heavy atom. The van der Waals surface area contributed by atoms with Gasteiger partial charge in [0.05, 0.1) is 22.8 Å². The molecule has 6 nitrogen and oxygen atoms in total. The van der Waals surface area contributed by atoms with Crippen LogP contribution in [0.3, 0.4) is 0 Å². The van der Waals surface area contributed by atoms with Crippen LogP contribution < -0.4 is 19.3 Å². The molecule has 8 heteroatoms. The molecule has 2 aliphatic heterocycles. The second-order valence-corrected chi connectivity index (χ2v) is 9.99. The van der Waals surface area contributed by atoms with Crippen LogP contribution in [0.5, 0.6) is 5.75 Å². The number of ether oxygens (including phenoxy) is 1. The number of anilines is 2. The lowest BCUT2D eigenvalue weighted by Crippen LogP contribution is -2.50. The summed E-state index contributed by atoms with van der Waals surface area (Å²) in [7, 11) is -3.78. The Balaban J connectivity index is 1.83. The highest BCUT2D eigenvalue weighted by molar-refractivity contribution is 7.92. The quantitative estimate of drug-likeness (QED) is 0.825. The topological polar surface area (TPSA) is 61.9 Å². The average Bonchev–Trinajstić information content (AvgIpc) is 2.67. The first-order chi connectivity index (χ1) is 13.3. The van der Waals surface area contributed by atoms with Gasteiger partial charge in [0.25, 0.3) is 10.0 Å². The van der Waals surface area contributed by atoms with Gasteiger partial charge in [-0.1, -0.05) is 23.7 Å². The van der Waals surface area contributed by atoms with Crippen molar-refractivity contribution in [3.63, 3.8) is 0 Å². The lowest BCUT2D eigenvalue weighted by molar-refractivity contribution is 0.111. The first-order valence-electron chi connectivity index (χ1n) is 9.34. The first kappa shape index (κ1) is 19.4. The molecule has 0 saturated carbocycles. The summed E-state index contributed by atoms with van der Waals surface area (Å²) in [6, 6.07) is 12.1. The molecule has 1 fully saturated rings. The Morgan fingerprint density at radius 3 is 2.46 bits per heavy atom. The average molecular weight is 422 g/mol. The maximum atomic E-state index is 13.5. The van der Waals surface area contributed by atoms with Gasteiger partial charge in [-0.25, -0.2) is 8.42 Å². The number of nitrogens with zero attached hydrogens (tertiary/aromatic N) is 2. The summed E-state index contributed by atoms with van der Waals surface area (Å²) in [5.74, 6) is 0.617. The summed E-state index contributed by atoms with van der Waals surface area (Å²) < 4.78 is 34.7. The fourth-order valence-corrected chi connectivity index (χ4v) is 5.60. The molecule has 150 valence electrons. The van der Waals surface area contributed by atoms with Gasteiger partial charge in [0, 0.05) is 31.2 Å². The lowest BCUT2D eigenvalue weighted by Gasteiger charge is -2.42. The van der Waals surface area contributed by atoms with Gasteiger partial charge in [-0.2, -0.15) is 0 Å². The zero-order valence-corrected chi connectivity index (χ0v) is 17.6. The summed E-state index contributed by atoms with van der Waals surface area (Å²) in [4.78, 5) is 2.41. The maximum Gasteiger partial charge on any atom is 0.264 e. The van der Waals surface area contributed by atoms with E-state index in [9.17, 15) is 8.42 Å². The summed E-state index contributed by atoms with van der Waals surface area (Å²) in [5, 5.41) is 3.73. The number of fused-ring (bicyclic) bond motifs is 1. The normalized spacial score (nSPS) is 19.1. The fraction of sp³-hybridized carbons (Fsp3) is 0.400. The van der Waals surface area contributed by atoms with E-state index in [-0.39, 0.29) is 11.4 Å². The smallest absolute Gasteiger partial charge is 0.264 e. The molecule has 0 aliphatic carbocycles. The second kappa shape index (κ2) is 7.13. The van der Waals surface area contributed by atoms with Gasteiger partial charge in [0.1, 0.15) is 5.60 Å². The number of para-hydroxylation sites is 1. The van der Waals surface area contributed by atoms with Gasteiger partial charge in [-0.3, -0.25) is 4.31 Å². The number of nitrogens with one attached hydrogen (secondary N) is 1. The molecule has 0 amide bonds. The molecular formula is C20H24ClN3O3S. The molecule has 0 aromatic heterocycles. The monoisotopic (exact) mass is 421 g/mol. The molecule has 1 saturated heterocycles. The molecule has 28 heavy (non-hydrogen) atoms. The van der Waals surface area contributed by atoms with Crippen molar-refractivity contribution in [2.45, 2.75) is 24.3 Å². The van der Waals surface area contributed by atoms with Crippen LogP contribution in [0.2, 0.25) is 5.02 Å². The minimum atomic E-state index is -3.78. The third-order valence-electron chi connectivity index (χ3n) is 4.99. The van der Waals surface area contributed by atoms with E-state index < -0.39 is 15.6 Å². The number of hydrogen-bond donors (Lipinski definition) is 1. The highest BCUT2D eigenvalue weighted by Gasteiger charge is 2.40. The molecule has 1 N–H and O–H groups in total. The molecule has 2 heterocycles. The van der Waals surface area contributed by atoms with Crippen molar-refractivity contribution >= 4 is 33.0 Å². The summed E-state index contributed by atoms with van der Waals surface area (Å²) >= 11 is 6.05. The molecule has 4 rings (SSSR count). The van der Waals surface area contributed by atoms with E-state index in [0.717, 1.165) is 31.9 Å². The minimum Gasteiger partial charge on any atom is -0.482 e. The van der Waals surface area contributed by atoms with Crippen molar-refractivity contribution in [1.29, 1.82) is 0 Å². The summed E-state index contributed by atoms with van der Waals surface area (Å²) in [6.07, 6.45) is 0. The van der Waals surface area contributed by atoms with Crippen molar-refractivity contribution < 1.29 is 13.2 Å². The van der Waals surface area contributed by atoms with Gasteiger partial charge in [0.15, 0.2) is 5.75 Å². The highest BCUT2D eigenvalue weighted by Crippen LogP contribution is 2.46. The van der Waals surface area contributed by atoms with E-state index in [1.165, 1.54) is 10.4 Å². The van der Waals surface area contributed by atoms with Gasteiger partial charge < -0.3 is 15.0 Å². The molecule has 0 spiro atoms. The van der Waals surface area contributed by atoms with Crippen molar-refractivity contribution in [1.82, 2.24) is 5.32 Å². The van der Waals surface area contributed by atoms with Crippen LogP contribution in [0.4, 0.5) is 11.4 Å². The first-order valence-corrected chi connectivity index (χ1v) is 11.2. The third-order valence-corrected chi connectivity index (χ3v) is 6.98. The summed E-state index contributed by atoms with van der Waals surface area (Å²) in [6.45, 7) is 7.51. The zero-order valence-electron chi connectivity index (χ0n) is 16.0. The van der Waals surface area contributed by atoms with Crippen LogP contribution in [-0.4, -0.2) is 46.7 Å². The van der Waals surface area contributed by atoms with E-state index in [0.29, 0.717) is 16.5 Å². The molecule has 0 unspecified atom stereocenters. The molecule has 2 aromatic carbocycles.